The number of nitriles is 1. The topological polar surface area (TPSA) is 41.6 Å². The van der Waals surface area contributed by atoms with Crippen LogP contribution in [0.3, 0.4) is 0 Å². The summed E-state index contributed by atoms with van der Waals surface area (Å²) in [5.74, 6) is 0. The van der Waals surface area contributed by atoms with Crippen molar-refractivity contribution in [3.63, 3.8) is 0 Å². The maximum atomic E-state index is 8.24. The molecule has 9 heavy (non-hydrogen) atoms. The second kappa shape index (κ2) is 2.65. The van der Waals surface area contributed by atoms with E-state index < -0.39 is 0 Å². The maximum absolute atomic E-state index is 8.24. The van der Waals surface area contributed by atoms with E-state index in [1.165, 1.54) is 0 Å². The highest BCUT2D eigenvalue weighted by atomic mass is 79.9. The fourth-order valence-electron chi connectivity index (χ4n) is 0.505. The first-order chi connectivity index (χ1) is 4.34. The van der Waals surface area contributed by atoms with Gasteiger partial charge in [-0.1, -0.05) is 0 Å². The molecular weight excluding hydrogens is 182 g/mol. The van der Waals surface area contributed by atoms with Crippen molar-refractivity contribution in [2.24, 2.45) is 0 Å². The van der Waals surface area contributed by atoms with Crippen LogP contribution in [0.25, 0.3) is 0 Å². The number of hydrogen-bond acceptors (Lipinski definition) is 2. The Morgan fingerprint density at radius 2 is 2.67 bits per heavy atom. The van der Waals surface area contributed by atoms with Crippen LogP contribution in [0, 0.1) is 11.3 Å². The van der Waals surface area contributed by atoms with E-state index in [2.05, 4.69) is 20.9 Å². The zero-order chi connectivity index (χ0) is 6.69. The van der Waals surface area contributed by atoms with Crippen LogP contribution in [0.15, 0.2) is 17.1 Å². The molecule has 0 atom stereocenters. The molecule has 0 aliphatic rings. The average molecular weight is 186 g/mol. The van der Waals surface area contributed by atoms with E-state index in [1.54, 1.807) is 17.0 Å². The van der Waals surface area contributed by atoms with Crippen LogP contribution in [0.5, 0.6) is 0 Å². The Labute approximate surface area is 61.1 Å². The van der Waals surface area contributed by atoms with Crippen LogP contribution in [-0.4, -0.2) is 9.55 Å². The number of imidazole rings is 1. The summed E-state index contributed by atoms with van der Waals surface area (Å²) in [4.78, 5) is 3.86. The van der Waals surface area contributed by atoms with Crippen molar-refractivity contribution in [2.45, 2.75) is 6.54 Å². The Morgan fingerprint density at radius 3 is 3.11 bits per heavy atom. The Hall–Kier alpha value is -0.820. The predicted molar refractivity (Wildman–Crippen MR) is 35.5 cm³/mol. The molecule has 0 aliphatic heterocycles. The van der Waals surface area contributed by atoms with Gasteiger partial charge in [0.1, 0.15) is 6.54 Å². The summed E-state index contributed by atoms with van der Waals surface area (Å²) in [5.41, 5.74) is 0. The number of halogens is 1. The molecule has 1 aromatic heterocycles. The molecule has 0 aromatic carbocycles. The summed E-state index contributed by atoms with van der Waals surface area (Å²) in [6, 6.07) is 2.00. The second-order valence-electron chi connectivity index (χ2n) is 1.48. The number of aromatic nitrogens is 2. The van der Waals surface area contributed by atoms with Crippen LogP contribution in [0.1, 0.15) is 0 Å². The lowest BCUT2D eigenvalue weighted by Gasteiger charge is -1.91. The molecule has 1 heterocycles. The van der Waals surface area contributed by atoms with Crippen LogP contribution in [0.4, 0.5) is 0 Å². The first-order valence-corrected chi connectivity index (χ1v) is 3.17. The van der Waals surface area contributed by atoms with Crippen molar-refractivity contribution in [3.05, 3.63) is 17.1 Å². The average Bonchev–Trinajstić information content (AvgIpc) is 2.18. The largest absolute Gasteiger partial charge is 0.312 e. The molecule has 0 spiro atoms. The molecule has 3 nitrogen and oxygen atoms in total. The molecule has 0 N–H and O–H groups in total. The van der Waals surface area contributed by atoms with Gasteiger partial charge in [0.05, 0.1) is 6.07 Å². The van der Waals surface area contributed by atoms with Gasteiger partial charge in [0, 0.05) is 12.4 Å². The fraction of sp³-hybridized carbons (Fsp3) is 0.200. The van der Waals surface area contributed by atoms with E-state index in [0.29, 0.717) is 11.3 Å². The first kappa shape index (κ1) is 6.30. The molecule has 0 unspecified atom stereocenters. The third kappa shape index (κ3) is 1.30. The molecule has 0 fully saturated rings. The van der Waals surface area contributed by atoms with Crippen molar-refractivity contribution in [1.29, 1.82) is 5.26 Å². The number of nitrogens with zero attached hydrogens (tertiary/aromatic N) is 3. The zero-order valence-corrected chi connectivity index (χ0v) is 6.17. The highest BCUT2D eigenvalue weighted by Gasteiger charge is 1.93. The molecule has 1 aromatic rings. The lowest BCUT2D eigenvalue weighted by molar-refractivity contribution is 0.805. The number of hydrogen-bond donors (Lipinski definition) is 0. The molecular formula is C5H4BrN3. The van der Waals surface area contributed by atoms with E-state index >= 15 is 0 Å². The van der Waals surface area contributed by atoms with Gasteiger partial charge in [0.15, 0.2) is 4.73 Å². The summed E-state index contributed by atoms with van der Waals surface area (Å²) >= 11 is 3.17. The normalized spacial score (nSPS) is 8.89. The molecule has 0 aliphatic carbocycles. The minimum Gasteiger partial charge on any atom is -0.312 e. The lowest BCUT2D eigenvalue weighted by atomic mass is 10.7. The van der Waals surface area contributed by atoms with Gasteiger partial charge in [0.25, 0.3) is 0 Å². The summed E-state index contributed by atoms with van der Waals surface area (Å²) in [7, 11) is 0. The fourth-order valence-corrected chi connectivity index (χ4v) is 0.867. The van der Waals surface area contributed by atoms with Crippen LogP contribution in [-0.2, 0) is 6.54 Å². The van der Waals surface area contributed by atoms with Gasteiger partial charge in [0.2, 0.25) is 0 Å². The summed E-state index contributed by atoms with van der Waals surface area (Å²) in [5, 5.41) is 8.24. The van der Waals surface area contributed by atoms with Crippen molar-refractivity contribution >= 4 is 15.9 Å². The second-order valence-corrected chi connectivity index (χ2v) is 2.19. The predicted octanol–water partition coefficient (Wildman–Crippen LogP) is 1.17. The Kier molecular flexibility index (Phi) is 1.85. The van der Waals surface area contributed by atoms with Gasteiger partial charge in [-0.05, 0) is 15.9 Å². The molecule has 46 valence electrons. The van der Waals surface area contributed by atoms with E-state index in [-0.39, 0.29) is 0 Å². The molecule has 0 saturated heterocycles. The monoisotopic (exact) mass is 185 g/mol. The molecule has 0 saturated carbocycles. The SMILES string of the molecule is N#CCn1ccnc1Br. The molecule has 1 rings (SSSR count). The highest BCUT2D eigenvalue weighted by molar-refractivity contribution is 9.10. The molecule has 0 radical (unpaired) electrons. The summed E-state index contributed by atoms with van der Waals surface area (Å²) in [6.45, 7) is 0.348. The minimum atomic E-state index is 0.348. The van der Waals surface area contributed by atoms with Crippen molar-refractivity contribution in [2.75, 3.05) is 0 Å². The van der Waals surface area contributed by atoms with Crippen molar-refractivity contribution in [1.82, 2.24) is 9.55 Å². The summed E-state index contributed by atoms with van der Waals surface area (Å²) in [6.07, 6.45) is 3.38. The third-order valence-electron chi connectivity index (χ3n) is 0.906. The molecule has 0 bridgehead atoms. The van der Waals surface area contributed by atoms with E-state index in [4.69, 9.17) is 5.26 Å². The highest BCUT2D eigenvalue weighted by Crippen LogP contribution is 2.04. The van der Waals surface area contributed by atoms with Crippen molar-refractivity contribution in [3.8, 4) is 6.07 Å². The van der Waals surface area contributed by atoms with Crippen LogP contribution in [0.2, 0.25) is 0 Å². The van der Waals surface area contributed by atoms with Crippen molar-refractivity contribution < 1.29 is 0 Å². The maximum Gasteiger partial charge on any atom is 0.177 e. The smallest absolute Gasteiger partial charge is 0.177 e. The van der Waals surface area contributed by atoms with E-state index in [0.717, 1.165) is 0 Å². The Bertz CT molecular complexity index is 235. The third-order valence-corrected chi connectivity index (χ3v) is 1.57. The van der Waals surface area contributed by atoms with Gasteiger partial charge in [-0.15, -0.1) is 0 Å². The van der Waals surface area contributed by atoms with Gasteiger partial charge in [-0.2, -0.15) is 5.26 Å². The van der Waals surface area contributed by atoms with E-state index in [9.17, 15) is 0 Å². The Morgan fingerprint density at radius 1 is 1.89 bits per heavy atom. The van der Waals surface area contributed by atoms with Crippen LogP contribution < -0.4 is 0 Å². The molecule has 4 heteroatoms. The quantitative estimate of drug-likeness (QED) is 0.660. The zero-order valence-electron chi connectivity index (χ0n) is 4.58. The summed E-state index contributed by atoms with van der Waals surface area (Å²) < 4.78 is 2.41. The minimum absolute atomic E-state index is 0.348. The standard InChI is InChI=1S/C5H4BrN3/c6-5-8-2-4-9(5)3-1-7/h2,4H,3H2. The van der Waals surface area contributed by atoms with Crippen LogP contribution >= 0.6 is 15.9 Å². The first-order valence-electron chi connectivity index (χ1n) is 2.38. The van der Waals surface area contributed by atoms with Gasteiger partial charge >= 0.3 is 0 Å². The molecule has 0 amide bonds. The van der Waals surface area contributed by atoms with Gasteiger partial charge in [-0.25, -0.2) is 4.98 Å². The lowest BCUT2D eigenvalue weighted by Crippen LogP contribution is -1.92. The number of rotatable bonds is 1. The van der Waals surface area contributed by atoms with Gasteiger partial charge < -0.3 is 4.57 Å². The van der Waals surface area contributed by atoms with E-state index in [1.807, 2.05) is 6.07 Å². The van der Waals surface area contributed by atoms with Gasteiger partial charge in [-0.3, -0.25) is 0 Å². The Balaban J connectivity index is 2.84.